The van der Waals surface area contributed by atoms with E-state index in [0.717, 1.165) is 0 Å². The van der Waals surface area contributed by atoms with Crippen LogP contribution in [0.2, 0.25) is 20.1 Å². The van der Waals surface area contributed by atoms with Crippen molar-refractivity contribution in [3.8, 4) is 0 Å². The molecule has 1 aromatic rings. The van der Waals surface area contributed by atoms with Gasteiger partial charge in [0.05, 0.1) is 20.1 Å². The molecule has 0 atom stereocenters. The zero-order chi connectivity index (χ0) is 14.5. The van der Waals surface area contributed by atoms with Gasteiger partial charge in [0, 0.05) is 5.56 Å². The van der Waals surface area contributed by atoms with Crippen molar-refractivity contribution >= 4 is 91.3 Å². The van der Waals surface area contributed by atoms with Gasteiger partial charge in [-0.1, -0.05) is 81.2 Å². The second kappa shape index (κ2) is 5.51. The van der Waals surface area contributed by atoms with E-state index in [2.05, 4.69) is 0 Å². The molecule has 0 fully saturated rings. The molecule has 0 aliphatic heterocycles. The van der Waals surface area contributed by atoms with Crippen LogP contribution in [0.1, 0.15) is 5.56 Å². The van der Waals surface area contributed by atoms with Gasteiger partial charge < -0.3 is 0 Å². The highest BCUT2D eigenvalue weighted by Crippen LogP contribution is 2.52. The summed E-state index contributed by atoms with van der Waals surface area (Å²) in [5.41, 5.74) is -0.279. The second-order valence-corrected chi connectivity index (χ2v) is 8.08. The maximum atomic E-state index is 11.1. The van der Waals surface area contributed by atoms with Crippen LogP contribution in [0, 0.1) is 0 Å². The van der Waals surface area contributed by atoms with Crippen LogP contribution in [0.15, 0.2) is 4.90 Å². The largest absolute Gasteiger partial charge is 0.297 e. The van der Waals surface area contributed by atoms with Crippen LogP contribution in [0.25, 0.3) is 0 Å². The average Bonchev–Trinajstić information content (AvgIpc) is 2.10. The summed E-state index contributed by atoms with van der Waals surface area (Å²) in [5, 5.41) is -2.04. The van der Waals surface area contributed by atoms with Crippen molar-refractivity contribution in [3.63, 3.8) is 0 Å². The molecule has 3 nitrogen and oxygen atoms in total. The highest BCUT2D eigenvalue weighted by Gasteiger charge is 2.36. The smallest absolute Gasteiger partial charge is 0.282 e. The lowest BCUT2D eigenvalue weighted by Crippen LogP contribution is -2.08. The predicted octanol–water partition coefficient (Wildman–Crippen LogP) is 5.37. The first kappa shape index (κ1) is 17.2. The molecule has 1 N–H and O–H groups in total. The highest BCUT2D eigenvalue weighted by atomic mass is 35.6. The SMILES string of the molecule is O=S(=O)(O)c1c(Cl)c(Cl)c(C(Cl)(Cl)Cl)c(Cl)c1Cl. The van der Waals surface area contributed by atoms with E-state index < -0.39 is 38.9 Å². The molecule has 0 amide bonds. The first-order chi connectivity index (χ1) is 7.89. The summed E-state index contributed by atoms with van der Waals surface area (Å²) in [6, 6.07) is 0. The molecule has 18 heavy (non-hydrogen) atoms. The minimum absolute atomic E-state index is 0.279. The van der Waals surface area contributed by atoms with Gasteiger partial charge in [-0.25, -0.2) is 0 Å². The van der Waals surface area contributed by atoms with Crippen LogP contribution < -0.4 is 0 Å². The van der Waals surface area contributed by atoms with Gasteiger partial charge in [-0.2, -0.15) is 8.42 Å². The summed E-state index contributed by atoms with van der Waals surface area (Å²) in [7, 11) is -4.73. The van der Waals surface area contributed by atoms with Gasteiger partial charge in [-0.15, -0.1) is 0 Å². The Morgan fingerprint density at radius 2 is 1.17 bits per heavy atom. The maximum absolute atomic E-state index is 11.1. The van der Waals surface area contributed by atoms with Gasteiger partial charge in [0.1, 0.15) is 4.90 Å². The summed E-state index contributed by atoms with van der Waals surface area (Å²) < 4.78 is 29.1. The van der Waals surface area contributed by atoms with E-state index >= 15 is 0 Å². The molecule has 0 radical (unpaired) electrons. The Kier molecular flexibility index (Phi) is 5.27. The molecule has 0 spiro atoms. The Bertz CT molecular complexity index is 575. The molecule has 0 heterocycles. The lowest BCUT2D eigenvalue weighted by molar-refractivity contribution is 0.483. The molecule has 102 valence electrons. The normalized spacial score (nSPS) is 12.9. The van der Waals surface area contributed by atoms with E-state index in [1.165, 1.54) is 0 Å². The molecule has 0 unspecified atom stereocenters. The summed E-state index contributed by atoms with van der Waals surface area (Å²) in [4.78, 5) is -0.848. The number of benzene rings is 1. The van der Waals surface area contributed by atoms with Crippen LogP contribution in [0.5, 0.6) is 0 Å². The van der Waals surface area contributed by atoms with E-state index in [4.69, 9.17) is 85.8 Å². The zero-order valence-corrected chi connectivity index (χ0v) is 13.9. The average molecular weight is 413 g/mol. The lowest BCUT2D eigenvalue weighted by atomic mass is 10.2. The van der Waals surface area contributed by atoms with Gasteiger partial charge >= 0.3 is 0 Å². The Balaban J connectivity index is 3.90. The number of alkyl halides is 3. The van der Waals surface area contributed by atoms with Crippen LogP contribution in [-0.4, -0.2) is 13.0 Å². The fraction of sp³-hybridized carbons (Fsp3) is 0.143. The van der Waals surface area contributed by atoms with Crippen molar-refractivity contribution in [2.24, 2.45) is 0 Å². The summed E-state index contributed by atoms with van der Waals surface area (Å²) in [5.74, 6) is 0. The quantitative estimate of drug-likeness (QED) is 0.382. The minimum Gasteiger partial charge on any atom is -0.282 e. The fourth-order valence-corrected chi connectivity index (χ4v) is 4.43. The van der Waals surface area contributed by atoms with Gasteiger partial charge in [-0.3, -0.25) is 4.55 Å². The van der Waals surface area contributed by atoms with E-state index in [9.17, 15) is 8.42 Å². The Morgan fingerprint density at radius 3 is 1.39 bits per heavy atom. The van der Waals surface area contributed by atoms with Crippen molar-refractivity contribution in [2.45, 2.75) is 8.69 Å². The summed E-state index contributed by atoms with van der Waals surface area (Å²) >= 11 is 39.7. The van der Waals surface area contributed by atoms with Gasteiger partial charge in [0.2, 0.25) is 3.79 Å². The third-order valence-electron chi connectivity index (χ3n) is 1.76. The van der Waals surface area contributed by atoms with Crippen LogP contribution in [0.3, 0.4) is 0 Å². The fourth-order valence-electron chi connectivity index (χ4n) is 1.09. The highest BCUT2D eigenvalue weighted by molar-refractivity contribution is 7.86. The van der Waals surface area contributed by atoms with Crippen molar-refractivity contribution in [2.75, 3.05) is 0 Å². The Hall–Kier alpha value is 1.16. The van der Waals surface area contributed by atoms with E-state index in [0.29, 0.717) is 0 Å². The third kappa shape index (κ3) is 3.25. The lowest BCUT2D eigenvalue weighted by Gasteiger charge is -2.19. The molecule has 0 aromatic heterocycles. The summed E-state index contributed by atoms with van der Waals surface area (Å²) in [6.07, 6.45) is 0. The molecular formula is C7HCl7O3S. The van der Waals surface area contributed by atoms with E-state index in [1.54, 1.807) is 0 Å². The first-order valence-electron chi connectivity index (χ1n) is 3.79. The van der Waals surface area contributed by atoms with Crippen molar-refractivity contribution in [1.29, 1.82) is 0 Å². The van der Waals surface area contributed by atoms with E-state index in [1.807, 2.05) is 0 Å². The van der Waals surface area contributed by atoms with E-state index in [-0.39, 0.29) is 5.56 Å². The number of hydrogen-bond donors (Lipinski definition) is 1. The molecular weight excluding hydrogens is 412 g/mol. The van der Waals surface area contributed by atoms with Gasteiger partial charge in [-0.05, 0) is 0 Å². The predicted molar refractivity (Wildman–Crippen MR) is 75.5 cm³/mol. The number of halogens is 7. The topological polar surface area (TPSA) is 54.4 Å². The number of rotatable bonds is 1. The third-order valence-corrected chi connectivity index (χ3v) is 5.19. The van der Waals surface area contributed by atoms with Gasteiger partial charge in [0.15, 0.2) is 0 Å². The summed E-state index contributed by atoms with van der Waals surface area (Å²) in [6.45, 7) is 0. The Morgan fingerprint density at radius 1 is 0.833 bits per heavy atom. The maximum Gasteiger partial charge on any atom is 0.297 e. The molecule has 1 aromatic carbocycles. The van der Waals surface area contributed by atoms with Gasteiger partial charge in [0.25, 0.3) is 10.1 Å². The van der Waals surface area contributed by atoms with Crippen LogP contribution in [-0.2, 0) is 13.9 Å². The molecule has 0 aliphatic rings. The first-order valence-corrected chi connectivity index (χ1v) is 7.88. The van der Waals surface area contributed by atoms with Crippen molar-refractivity contribution < 1.29 is 13.0 Å². The monoisotopic (exact) mass is 410 g/mol. The van der Waals surface area contributed by atoms with Crippen LogP contribution in [0.4, 0.5) is 0 Å². The molecule has 1 rings (SSSR count). The Labute approximate surface area is 138 Å². The second-order valence-electron chi connectivity index (χ2n) is 2.93. The molecule has 0 aliphatic carbocycles. The zero-order valence-electron chi connectivity index (χ0n) is 7.82. The standard InChI is InChI=1S/C7HCl7O3S/c8-2-1(7(12,13)14)3(9)5(11)6(4(2)10)18(15,16)17/h(H,15,16,17). The number of hydrogen-bond acceptors (Lipinski definition) is 2. The molecule has 11 heteroatoms. The molecule has 0 bridgehead atoms. The van der Waals surface area contributed by atoms with Crippen molar-refractivity contribution in [3.05, 3.63) is 25.7 Å². The molecule has 0 saturated carbocycles. The van der Waals surface area contributed by atoms with Crippen molar-refractivity contribution in [1.82, 2.24) is 0 Å². The molecule has 0 saturated heterocycles. The minimum atomic E-state index is -4.73. The van der Waals surface area contributed by atoms with Crippen LogP contribution >= 0.6 is 81.2 Å².